The number of benzene rings is 2. The van der Waals surface area contributed by atoms with Crippen molar-refractivity contribution in [3.8, 4) is 11.1 Å². The highest BCUT2D eigenvalue weighted by Gasteiger charge is 2.51. The van der Waals surface area contributed by atoms with E-state index in [-0.39, 0.29) is 0 Å². The first-order valence-electron chi connectivity index (χ1n) is 13.2. The third-order valence-corrected chi connectivity index (χ3v) is 28.6. The van der Waals surface area contributed by atoms with Gasteiger partial charge in [0.15, 0.2) is 0 Å². The minimum atomic E-state index is -1.58. The van der Waals surface area contributed by atoms with Crippen LogP contribution in [-0.2, 0) is 12.8 Å². The van der Waals surface area contributed by atoms with E-state index < -0.39 is 15.2 Å². The summed E-state index contributed by atoms with van der Waals surface area (Å²) in [6, 6.07) is 13.8. The van der Waals surface area contributed by atoms with Crippen molar-refractivity contribution in [2.75, 3.05) is 0 Å². The van der Waals surface area contributed by atoms with Crippen molar-refractivity contribution in [2.45, 2.75) is 82.7 Å². The Morgan fingerprint density at radius 1 is 0.909 bits per heavy atom. The largest absolute Gasteiger partial charge is 0.0803 e. The van der Waals surface area contributed by atoms with E-state index >= 15 is 0 Å². The summed E-state index contributed by atoms with van der Waals surface area (Å²) in [5.41, 5.74) is 12.4. The van der Waals surface area contributed by atoms with Crippen molar-refractivity contribution < 1.29 is 0 Å². The van der Waals surface area contributed by atoms with E-state index in [1.54, 1.807) is 33.4 Å². The monoisotopic (exact) mass is 468 g/mol. The van der Waals surface area contributed by atoms with Gasteiger partial charge in [-0.05, 0) is 76.6 Å². The summed E-state index contributed by atoms with van der Waals surface area (Å²) >= 11 is 0. The number of allylic oxidation sites excluding steroid dienone is 5. The lowest BCUT2D eigenvalue weighted by Crippen LogP contribution is -2.60. The van der Waals surface area contributed by atoms with Gasteiger partial charge >= 0.3 is 0 Å². The molecule has 0 fully saturated rings. The molecule has 0 nitrogen and oxygen atoms in total. The number of hydrogen-bond acceptors (Lipinski definition) is 0. The molecule has 2 aromatic rings. The molecule has 0 heterocycles. The van der Waals surface area contributed by atoms with Crippen molar-refractivity contribution in [3.63, 3.8) is 0 Å². The van der Waals surface area contributed by atoms with Crippen LogP contribution in [0.25, 0.3) is 17.2 Å². The van der Waals surface area contributed by atoms with Crippen LogP contribution in [0.15, 0.2) is 66.3 Å². The Labute approximate surface area is 203 Å². The van der Waals surface area contributed by atoms with E-state index in [0.717, 1.165) is 0 Å². The maximum absolute atomic E-state index is 2.71. The molecule has 0 saturated heterocycles. The number of unbranched alkanes of at least 4 members (excludes halogenated alkanes) is 1. The SMILES string of the molecule is CCCCC1=CC([Si](C)(C)[Si](C)(C)C2C=Cc3c2cc2c(c3-c3ccccc3)CCC2)C=C1. The number of hydrogen-bond donors (Lipinski definition) is 0. The zero-order chi connectivity index (χ0) is 23.2. The Hall–Kier alpha value is -1.91. The molecular formula is C31H40Si2. The maximum atomic E-state index is 2.71. The number of fused-ring (bicyclic) bond motifs is 2. The van der Waals surface area contributed by atoms with Crippen LogP contribution in [-0.4, -0.2) is 15.2 Å². The number of rotatable bonds is 7. The predicted molar refractivity (Wildman–Crippen MR) is 151 cm³/mol. The van der Waals surface area contributed by atoms with E-state index in [9.17, 15) is 0 Å². The molecule has 33 heavy (non-hydrogen) atoms. The molecule has 2 atom stereocenters. The summed E-state index contributed by atoms with van der Waals surface area (Å²) in [6.07, 6.45) is 20.5. The van der Waals surface area contributed by atoms with Gasteiger partial charge in [0.2, 0.25) is 0 Å². The summed E-state index contributed by atoms with van der Waals surface area (Å²) in [7, 11) is -3.09. The second kappa shape index (κ2) is 8.71. The van der Waals surface area contributed by atoms with Crippen LogP contribution in [0.1, 0.15) is 60.4 Å². The highest BCUT2D eigenvalue weighted by atomic mass is 29.3. The third kappa shape index (κ3) is 3.80. The third-order valence-electron chi connectivity index (χ3n) is 9.33. The maximum Gasteiger partial charge on any atom is 0.0548 e. The molecule has 2 aromatic carbocycles. The van der Waals surface area contributed by atoms with Crippen LogP contribution in [0.5, 0.6) is 0 Å². The van der Waals surface area contributed by atoms with Crippen molar-refractivity contribution in [3.05, 3.63) is 88.5 Å². The van der Waals surface area contributed by atoms with E-state index in [1.807, 2.05) is 0 Å². The second-order valence-electron chi connectivity index (χ2n) is 11.6. The van der Waals surface area contributed by atoms with E-state index in [1.165, 1.54) is 44.1 Å². The van der Waals surface area contributed by atoms with Crippen LogP contribution in [0.3, 0.4) is 0 Å². The van der Waals surface area contributed by atoms with Crippen LogP contribution < -0.4 is 0 Å². The minimum absolute atomic E-state index is 0.643. The van der Waals surface area contributed by atoms with Gasteiger partial charge in [0.05, 0.1) is 15.2 Å². The molecule has 0 spiro atoms. The molecule has 0 radical (unpaired) electrons. The highest BCUT2D eigenvalue weighted by molar-refractivity contribution is 7.42. The molecule has 5 rings (SSSR count). The normalized spacial score (nSPS) is 21.4. The molecule has 0 bridgehead atoms. The Balaban J connectivity index is 1.54. The van der Waals surface area contributed by atoms with Gasteiger partial charge in [0.25, 0.3) is 0 Å². The minimum Gasteiger partial charge on any atom is -0.0803 e. The average Bonchev–Trinajstić information content (AvgIpc) is 3.55. The predicted octanol–water partition coefficient (Wildman–Crippen LogP) is 9.04. The quantitative estimate of drug-likeness (QED) is 0.355. The summed E-state index contributed by atoms with van der Waals surface area (Å²) in [5, 5.41) is 0. The van der Waals surface area contributed by atoms with Gasteiger partial charge in [-0.3, -0.25) is 0 Å². The smallest absolute Gasteiger partial charge is 0.0548 e. The molecule has 0 aliphatic heterocycles. The Bertz CT molecular complexity index is 1130. The molecule has 2 heteroatoms. The first-order chi connectivity index (χ1) is 15.8. The standard InChI is InChI=1S/C31H40Si2/c1-6-7-12-23-17-18-26(21-23)32(2,3)33(4,5)30-20-19-28-29(30)22-25-15-11-16-27(25)31(28)24-13-9-8-10-14-24/h8-10,13-14,17-22,26,30H,6-7,11-12,15-16H2,1-5H3. The molecule has 3 aliphatic rings. The lowest BCUT2D eigenvalue weighted by Gasteiger charge is -2.45. The lowest BCUT2D eigenvalue weighted by molar-refractivity contribution is 0.798. The van der Waals surface area contributed by atoms with E-state index in [2.05, 4.69) is 99.9 Å². The Morgan fingerprint density at radius 3 is 2.45 bits per heavy atom. The van der Waals surface area contributed by atoms with Gasteiger partial charge < -0.3 is 0 Å². The first-order valence-corrected chi connectivity index (χ1v) is 20.3. The average molecular weight is 469 g/mol. The van der Waals surface area contributed by atoms with Gasteiger partial charge in [-0.1, -0.05) is 112 Å². The van der Waals surface area contributed by atoms with Gasteiger partial charge in [-0.15, -0.1) is 0 Å². The molecule has 2 unspecified atom stereocenters. The van der Waals surface area contributed by atoms with Crippen molar-refractivity contribution in [1.29, 1.82) is 0 Å². The van der Waals surface area contributed by atoms with Gasteiger partial charge in [-0.2, -0.15) is 0 Å². The molecule has 3 aliphatic carbocycles. The van der Waals surface area contributed by atoms with E-state index in [4.69, 9.17) is 0 Å². The van der Waals surface area contributed by atoms with Gasteiger partial charge in [0.1, 0.15) is 0 Å². The Kier molecular flexibility index (Phi) is 6.03. The Morgan fingerprint density at radius 2 is 1.70 bits per heavy atom. The fourth-order valence-electron chi connectivity index (χ4n) is 6.48. The van der Waals surface area contributed by atoms with Crippen molar-refractivity contribution in [2.24, 2.45) is 0 Å². The molecule has 172 valence electrons. The van der Waals surface area contributed by atoms with Crippen molar-refractivity contribution >= 4 is 21.3 Å². The van der Waals surface area contributed by atoms with Crippen LogP contribution in [0, 0.1) is 0 Å². The van der Waals surface area contributed by atoms with Crippen LogP contribution >= 0.6 is 0 Å². The summed E-state index contributed by atoms with van der Waals surface area (Å²) in [4.78, 5) is 0. The first kappa shape index (κ1) is 22.9. The zero-order valence-corrected chi connectivity index (χ0v) is 23.2. The topological polar surface area (TPSA) is 0 Å². The van der Waals surface area contributed by atoms with Crippen molar-refractivity contribution in [1.82, 2.24) is 0 Å². The molecular weight excluding hydrogens is 429 g/mol. The van der Waals surface area contributed by atoms with Gasteiger partial charge in [0, 0.05) is 0 Å². The summed E-state index contributed by atoms with van der Waals surface area (Å²) in [6.45, 7) is 13.1. The summed E-state index contributed by atoms with van der Waals surface area (Å²) < 4.78 is 0. The van der Waals surface area contributed by atoms with E-state index in [0.29, 0.717) is 11.1 Å². The molecule has 0 N–H and O–H groups in total. The zero-order valence-electron chi connectivity index (χ0n) is 21.2. The highest BCUT2D eigenvalue weighted by Crippen LogP contribution is 2.50. The second-order valence-corrected chi connectivity index (χ2v) is 27.5. The fourth-order valence-corrected chi connectivity index (χ4v) is 17.2. The summed E-state index contributed by atoms with van der Waals surface area (Å²) in [5.74, 6) is 0. The molecule has 0 amide bonds. The van der Waals surface area contributed by atoms with Crippen LogP contribution in [0.4, 0.5) is 0 Å². The van der Waals surface area contributed by atoms with Crippen LogP contribution in [0.2, 0.25) is 31.7 Å². The molecule has 0 saturated carbocycles. The number of aryl methyl sites for hydroxylation is 1. The molecule has 0 aromatic heterocycles. The lowest BCUT2D eigenvalue weighted by atomic mass is 9.89. The van der Waals surface area contributed by atoms with Gasteiger partial charge in [-0.25, -0.2) is 0 Å². The fraction of sp³-hybridized carbons (Fsp3) is 0.419.